The number of carbonyl (C=O) groups is 1. The van der Waals surface area contributed by atoms with E-state index in [0.717, 1.165) is 51.9 Å². The van der Waals surface area contributed by atoms with Crippen LogP contribution < -0.4 is 15.1 Å². The van der Waals surface area contributed by atoms with E-state index in [4.69, 9.17) is 4.52 Å². The van der Waals surface area contributed by atoms with E-state index in [-0.39, 0.29) is 28.8 Å². The van der Waals surface area contributed by atoms with Crippen molar-refractivity contribution in [2.75, 3.05) is 31.2 Å². The highest BCUT2D eigenvalue weighted by Gasteiger charge is 2.21. The Morgan fingerprint density at radius 2 is 2.05 bits per heavy atom. The minimum atomic E-state index is -0.0617. The highest BCUT2D eigenvalue weighted by Crippen LogP contribution is 2.28. The van der Waals surface area contributed by atoms with E-state index >= 15 is 0 Å². The van der Waals surface area contributed by atoms with Crippen LogP contribution in [0.4, 0.5) is 5.88 Å². The Balaban J connectivity index is 0.00000161. The number of hydrogen-bond acceptors (Lipinski definition) is 5. The van der Waals surface area contributed by atoms with Crippen LogP contribution in [0, 0.1) is 5.92 Å². The van der Waals surface area contributed by atoms with Gasteiger partial charge in [-0.3, -0.25) is 0 Å². The van der Waals surface area contributed by atoms with E-state index in [9.17, 15) is 4.79 Å². The number of carbonyl (C=O) groups excluding carboxylic acids is 1. The fourth-order valence-electron chi connectivity index (χ4n) is 2.82. The van der Waals surface area contributed by atoms with Gasteiger partial charge in [0.1, 0.15) is 5.88 Å². The first-order valence-corrected chi connectivity index (χ1v) is 7.43. The van der Waals surface area contributed by atoms with Crippen molar-refractivity contribution < 1.29 is 14.1 Å². The van der Waals surface area contributed by atoms with Gasteiger partial charge in [-0.2, -0.15) is 5.01 Å². The standard InChI is InChI=1S/C13H21N5O2.BrH/c19-13(11-4-2-1-3-5-11)15-12-10-18(16-20-12)17-8-6-14-7-9-17;/h10-11,14H,1-9H2;1H. The van der Waals surface area contributed by atoms with Crippen LogP contribution in [-0.4, -0.2) is 37.4 Å². The van der Waals surface area contributed by atoms with Crippen LogP contribution in [0.25, 0.3) is 5.32 Å². The number of aromatic nitrogens is 2. The molecule has 1 aliphatic heterocycles. The van der Waals surface area contributed by atoms with Crippen LogP contribution in [0.15, 0.2) is 10.7 Å². The molecular weight excluding hydrogens is 338 g/mol. The molecule has 2 fully saturated rings. The molecule has 8 heteroatoms. The lowest BCUT2D eigenvalue weighted by molar-refractivity contribution is -0.758. The van der Waals surface area contributed by atoms with Gasteiger partial charge >= 0.3 is 0 Å². The van der Waals surface area contributed by atoms with E-state index in [1.807, 2.05) is 0 Å². The average Bonchev–Trinajstić information content (AvgIpc) is 2.97. The largest absolute Gasteiger partial charge is 0.588 e. The Morgan fingerprint density at radius 1 is 1.33 bits per heavy atom. The molecule has 118 valence electrons. The van der Waals surface area contributed by atoms with E-state index < -0.39 is 0 Å². The summed E-state index contributed by atoms with van der Waals surface area (Å²) in [6.07, 6.45) is 7.08. The van der Waals surface area contributed by atoms with Gasteiger partial charge in [0.25, 0.3) is 6.20 Å². The van der Waals surface area contributed by atoms with Crippen LogP contribution in [-0.2, 0) is 4.79 Å². The van der Waals surface area contributed by atoms with Crippen LogP contribution >= 0.6 is 17.0 Å². The van der Waals surface area contributed by atoms with Gasteiger partial charge in [-0.05, 0) is 12.8 Å². The summed E-state index contributed by atoms with van der Waals surface area (Å²) in [5, 5.41) is 13.3. The van der Waals surface area contributed by atoms with Gasteiger partial charge in [-0.25, -0.2) is 0 Å². The maximum atomic E-state index is 12.1. The third-order valence-corrected chi connectivity index (χ3v) is 4.00. The Morgan fingerprint density at radius 3 is 2.76 bits per heavy atom. The van der Waals surface area contributed by atoms with Crippen LogP contribution in [0.5, 0.6) is 0 Å². The quantitative estimate of drug-likeness (QED) is 0.820. The first-order chi connectivity index (χ1) is 9.83. The van der Waals surface area contributed by atoms with E-state index in [0.29, 0.717) is 5.88 Å². The van der Waals surface area contributed by atoms with Crippen molar-refractivity contribution in [1.82, 2.24) is 10.6 Å². The normalized spacial score (nSPS) is 19.9. The molecule has 1 saturated carbocycles. The van der Waals surface area contributed by atoms with Crippen LogP contribution in [0.3, 0.4) is 0 Å². The lowest BCUT2D eigenvalue weighted by Gasteiger charge is -2.26. The molecule has 1 amide bonds. The van der Waals surface area contributed by atoms with E-state index in [1.165, 1.54) is 6.42 Å². The smallest absolute Gasteiger partial charge is 0.257 e. The summed E-state index contributed by atoms with van der Waals surface area (Å²) < 4.78 is 5.14. The number of rotatable bonds is 3. The number of nitrogens with one attached hydrogen (secondary N) is 1. The number of nitrogens with zero attached hydrogens (tertiary/aromatic N) is 4. The second-order valence-electron chi connectivity index (χ2n) is 5.45. The summed E-state index contributed by atoms with van der Waals surface area (Å²) in [7, 11) is 0. The molecule has 1 aromatic rings. The van der Waals surface area contributed by atoms with Gasteiger partial charge in [0.15, 0.2) is 0 Å². The molecule has 7 nitrogen and oxygen atoms in total. The second-order valence-corrected chi connectivity index (χ2v) is 5.45. The first kappa shape index (κ1) is 16.2. The van der Waals surface area contributed by atoms with Gasteiger partial charge in [0.05, 0.1) is 23.8 Å². The zero-order valence-electron chi connectivity index (χ0n) is 12.0. The molecule has 1 saturated heterocycles. The Kier molecular flexibility index (Phi) is 5.98. The predicted molar refractivity (Wildman–Crippen MR) is 82.4 cm³/mol. The molecule has 0 unspecified atom stereocenters. The zero-order valence-corrected chi connectivity index (χ0v) is 13.7. The zero-order chi connectivity index (χ0) is 13.8. The molecule has 1 aromatic heterocycles. The Bertz CT molecular complexity index is 455. The van der Waals surface area contributed by atoms with Crippen molar-refractivity contribution in [1.29, 1.82) is 0 Å². The lowest BCUT2D eigenvalue weighted by Crippen LogP contribution is -2.64. The summed E-state index contributed by atoms with van der Waals surface area (Å²) in [6.45, 7) is 3.58. The summed E-state index contributed by atoms with van der Waals surface area (Å²) in [5.74, 6) is 0.314. The average molecular weight is 360 g/mol. The monoisotopic (exact) mass is 359 g/mol. The highest BCUT2D eigenvalue weighted by molar-refractivity contribution is 8.93. The third-order valence-electron chi connectivity index (χ3n) is 4.00. The number of halogens is 1. The SMILES string of the molecule is Br.O=C([N-]c1c[n+](N2CCNCC2)no1)C1CCCCC1. The minimum Gasteiger partial charge on any atom is -0.588 e. The van der Waals surface area contributed by atoms with E-state index in [1.54, 1.807) is 11.0 Å². The van der Waals surface area contributed by atoms with Crippen molar-refractivity contribution in [2.45, 2.75) is 32.1 Å². The minimum absolute atomic E-state index is 0. The summed E-state index contributed by atoms with van der Waals surface area (Å²) in [6, 6.07) is 0. The number of hydrogen-bond donors (Lipinski definition) is 1. The molecule has 0 radical (unpaired) electrons. The van der Waals surface area contributed by atoms with Gasteiger partial charge < -0.3 is 20.0 Å². The molecule has 2 heterocycles. The van der Waals surface area contributed by atoms with Crippen molar-refractivity contribution in [3.05, 3.63) is 11.5 Å². The second kappa shape index (κ2) is 7.74. The summed E-state index contributed by atoms with van der Waals surface area (Å²) >= 11 is 0. The predicted octanol–water partition coefficient (Wildman–Crippen LogP) is 1.19. The fourth-order valence-corrected chi connectivity index (χ4v) is 2.82. The Hall–Kier alpha value is -1.15. The number of amides is 1. The molecular formula is C13H22BrN5O2. The molecule has 3 rings (SSSR count). The van der Waals surface area contributed by atoms with E-state index in [2.05, 4.69) is 20.9 Å². The molecule has 0 spiro atoms. The molecule has 21 heavy (non-hydrogen) atoms. The maximum absolute atomic E-state index is 12.1. The summed E-state index contributed by atoms with van der Waals surface area (Å²) in [5.41, 5.74) is 0. The van der Waals surface area contributed by atoms with Gasteiger partial charge in [-0.15, -0.1) is 17.0 Å². The molecule has 1 N–H and O–H groups in total. The molecule has 2 aliphatic rings. The maximum Gasteiger partial charge on any atom is 0.257 e. The third kappa shape index (κ3) is 4.16. The lowest BCUT2D eigenvalue weighted by atomic mass is 9.89. The topological polar surface area (TPSA) is 76.4 Å². The van der Waals surface area contributed by atoms with Gasteiger partial charge in [0, 0.05) is 19.0 Å². The van der Waals surface area contributed by atoms with Crippen molar-refractivity contribution in [3.8, 4) is 0 Å². The van der Waals surface area contributed by atoms with Crippen LogP contribution in [0.2, 0.25) is 0 Å². The molecule has 1 aliphatic carbocycles. The van der Waals surface area contributed by atoms with Gasteiger partial charge in [-0.1, -0.05) is 19.3 Å². The molecule has 0 atom stereocenters. The number of piperazine rings is 1. The Labute approximate surface area is 134 Å². The van der Waals surface area contributed by atoms with Crippen molar-refractivity contribution >= 4 is 28.8 Å². The van der Waals surface area contributed by atoms with Gasteiger partial charge in [0.2, 0.25) is 5.27 Å². The highest BCUT2D eigenvalue weighted by atomic mass is 79.9. The van der Waals surface area contributed by atoms with Crippen molar-refractivity contribution in [2.24, 2.45) is 5.92 Å². The summed E-state index contributed by atoms with van der Waals surface area (Å²) in [4.78, 5) is 13.7. The van der Waals surface area contributed by atoms with Crippen molar-refractivity contribution in [3.63, 3.8) is 0 Å². The molecule has 0 bridgehead atoms. The van der Waals surface area contributed by atoms with Crippen LogP contribution in [0.1, 0.15) is 32.1 Å². The first-order valence-electron chi connectivity index (χ1n) is 7.43. The molecule has 0 aromatic carbocycles. The fraction of sp³-hybridized carbons (Fsp3) is 0.769.